The van der Waals surface area contributed by atoms with Crippen LogP contribution < -0.4 is 5.32 Å². The molecule has 0 aliphatic heterocycles. The zero-order valence-corrected chi connectivity index (χ0v) is 8.22. The van der Waals surface area contributed by atoms with E-state index in [1.165, 1.54) is 24.8 Å². The zero-order valence-electron chi connectivity index (χ0n) is 8.22. The van der Waals surface area contributed by atoms with Gasteiger partial charge in [0.05, 0.1) is 0 Å². The highest BCUT2D eigenvalue weighted by Gasteiger charge is 2.43. The summed E-state index contributed by atoms with van der Waals surface area (Å²) < 4.78 is 0. The number of nitrogens with one attached hydrogen (secondary N) is 1. The number of benzene rings is 1. The molecule has 0 bridgehead atoms. The number of rotatable bonds is 4. The molecule has 1 fully saturated rings. The Kier molecular flexibility index (Phi) is 2.36. The molecular formula is C12H17N. The van der Waals surface area contributed by atoms with Crippen molar-refractivity contribution in [3.05, 3.63) is 35.9 Å². The van der Waals surface area contributed by atoms with Gasteiger partial charge >= 0.3 is 0 Å². The first-order valence-electron chi connectivity index (χ1n) is 5.18. The number of hydrogen-bond donors (Lipinski definition) is 1. The smallest absolute Gasteiger partial charge is 0.0436 e. The van der Waals surface area contributed by atoms with E-state index in [4.69, 9.17) is 0 Å². The van der Waals surface area contributed by atoms with Gasteiger partial charge in [-0.2, -0.15) is 0 Å². The van der Waals surface area contributed by atoms with E-state index < -0.39 is 0 Å². The first-order valence-corrected chi connectivity index (χ1v) is 5.18. The van der Waals surface area contributed by atoms with Crippen LogP contribution in [0.2, 0.25) is 0 Å². The van der Waals surface area contributed by atoms with Crippen molar-refractivity contribution in [3.8, 4) is 0 Å². The van der Waals surface area contributed by atoms with E-state index in [0.717, 1.165) is 6.54 Å². The lowest BCUT2D eigenvalue weighted by molar-refractivity contribution is 0.518. The summed E-state index contributed by atoms with van der Waals surface area (Å²) in [5, 5.41) is 3.64. The molecule has 1 aromatic rings. The van der Waals surface area contributed by atoms with Gasteiger partial charge in [0.2, 0.25) is 0 Å². The lowest BCUT2D eigenvalue weighted by Crippen LogP contribution is -2.29. The second-order valence-corrected chi connectivity index (χ2v) is 3.87. The summed E-state index contributed by atoms with van der Waals surface area (Å²) in [4.78, 5) is 0. The first kappa shape index (κ1) is 8.76. The van der Waals surface area contributed by atoms with Gasteiger partial charge in [-0.15, -0.1) is 0 Å². The summed E-state index contributed by atoms with van der Waals surface area (Å²) in [5.41, 5.74) is 1.81. The summed E-state index contributed by atoms with van der Waals surface area (Å²) in [6.45, 7) is 3.35. The van der Waals surface area contributed by atoms with E-state index in [0.29, 0.717) is 5.54 Å². The lowest BCUT2D eigenvalue weighted by Gasteiger charge is -2.17. The van der Waals surface area contributed by atoms with Crippen molar-refractivity contribution in [2.75, 3.05) is 6.54 Å². The average Bonchev–Trinajstić information content (AvgIpc) is 2.97. The Morgan fingerprint density at radius 2 is 1.92 bits per heavy atom. The molecular weight excluding hydrogens is 158 g/mol. The van der Waals surface area contributed by atoms with Crippen LogP contribution in [0.25, 0.3) is 0 Å². The van der Waals surface area contributed by atoms with Crippen LogP contribution >= 0.6 is 0 Å². The maximum absolute atomic E-state index is 3.64. The minimum atomic E-state index is 0.345. The number of hydrogen-bond acceptors (Lipinski definition) is 1. The Labute approximate surface area is 80.2 Å². The van der Waals surface area contributed by atoms with Gasteiger partial charge < -0.3 is 5.32 Å². The third-order valence-corrected chi connectivity index (χ3v) is 2.79. The highest BCUT2D eigenvalue weighted by molar-refractivity contribution is 5.29. The van der Waals surface area contributed by atoms with Gasteiger partial charge in [0.15, 0.2) is 0 Å². The molecule has 0 atom stereocenters. The minimum absolute atomic E-state index is 0.345. The van der Waals surface area contributed by atoms with Crippen LogP contribution in [0.15, 0.2) is 30.3 Å². The molecule has 0 radical (unpaired) electrons. The molecule has 1 saturated carbocycles. The molecule has 1 aromatic carbocycles. The fourth-order valence-electron chi connectivity index (χ4n) is 1.81. The second kappa shape index (κ2) is 3.51. The second-order valence-electron chi connectivity index (χ2n) is 3.87. The Morgan fingerprint density at radius 1 is 1.23 bits per heavy atom. The molecule has 1 heteroatoms. The van der Waals surface area contributed by atoms with Crippen molar-refractivity contribution in [3.63, 3.8) is 0 Å². The third kappa shape index (κ3) is 1.75. The van der Waals surface area contributed by atoms with Crippen LogP contribution in [0.4, 0.5) is 0 Å². The molecule has 0 heterocycles. The fraction of sp³-hybridized carbons (Fsp3) is 0.500. The summed E-state index contributed by atoms with van der Waals surface area (Å²) in [6.07, 6.45) is 3.82. The predicted molar refractivity (Wildman–Crippen MR) is 55.6 cm³/mol. The molecule has 1 aliphatic rings. The van der Waals surface area contributed by atoms with Crippen molar-refractivity contribution in [2.24, 2.45) is 0 Å². The highest BCUT2D eigenvalue weighted by Crippen LogP contribution is 2.45. The van der Waals surface area contributed by atoms with Gasteiger partial charge in [-0.3, -0.25) is 0 Å². The van der Waals surface area contributed by atoms with Crippen LogP contribution in [-0.2, 0) is 5.54 Å². The zero-order chi connectivity index (χ0) is 9.15. The molecule has 13 heavy (non-hydrogen) atoms. The standard InChI is InChI=1S/C12H17N/c1-2-10-13-12(8-9-12)11-6-4-3-5-7-11/h3-7,13H,2,8-10H2,1H3. The van der Waals surface area contributed by atoms with E-state index in [-0.39, 0.29) is 0 Å². The van der Waals surface area contributed by atoms with Crippen LogP contribution in [-0.4, -0.2) is 6.54 Å². The average molecular weight is 175 g/mol. The minimum Gasteiger partial charge on any atom is -0.307 e. The van der Waals surface area contributed by atoms with Crippen molar-refractivity contribution in [1.82, 2.24) is 5.32 Å². The SMILES string of the molecule is CCCNC1(c2ccccc2)CC1. The maximum atomic E-state index is 3.64. The topological polar surface area (TPSA) is 12.0 Å². The van der Waals surface area contributed by atoms with E-state index in [9.17, 15) is 0 Å². The van der Waals surface area contributed by atoms with Gasteiger partial charge in [0, 0.05) is 5.54 Å². The van der Waals surface area contributed by atoms with E-state index in [1.807, 2.05) is 0 Å². The van der Waals surface area contributed by atoms with Crippen molar-refractivity contribution >= 4 is 0 Å². The first-order chi connectivity index (χ1) is 6.37. The van der Waals surface area contributed by atoms with Crippen molar-refractivity contribution in [2.45, 2.75) is 31.7 Å². The van der Waals surface area contributed by atoms with Crippen molar-refractivity contribution in [1.29, 1.82) is 0 Å². The molecule has 70 valence electrons. The Balaban J connectivity index is 2.07. The summed E-state index contributed by atoms with van der Waals surface area (Å²) in [5.74, 6) is 0. The highest BCUT2D eigenvalue weighted by atomic mass is 15.0. The molecule has 1 aliphatic carbocycles. The monoisotopic (exact) mass is 175 g/mol. The van der Waals surface area contributed by atoms with Gasteiger partial charge in [0.25, 0.3) is 0 Å². The predicted octanol–water partition coefficient (Wildman–Crippen LogP) is 2.68. The van der Waals surface area contributed by atoms with E-state index in [1.54, 1.807) is 0 Å². The van der Waals surface area contributed by atoms with Gasteiger partial charge in [-0.1, -0.05) is 37.3 Å². The molecule has 0 aromatic heterocycles. The van der Waals surface area contributed by atoms with Crippen molar-refractivity contribution < 1.29 is 0 Å². The Hall–Kier alpha value is -0.820. The maximum Gasteiger partial charge on any atom is 0.0436 e. The van der Waals surface area contributed by atoms with E-state index >= 15 is 0 Å². The van der Waals surface area contributed by atoms with Gasteiger partial charge in [0.1, 0.15) is 0 Å². The van der Waals surface area contributed by atoms with Crippen LogP contribution in [0.5, 0.6) is 0 Å². The molecule has 0 amide bonds. The van der Waals surface area contributed by atoms with Crippen LogP contribution in [0.3, 0.4) is 0 Å². The van der Waals surface area contributed by atoms with E-state index in [2.05, 4.69) is 42.6 Å². The molecule has 0 saturated heterocycles. The van der Waals surface area contributed by atoms with Crippen LogP contribution in [0, 0.1) is 0 Å². The molecule has 2 rings (SSSR count). The summed E-state index contributed by atoms with van der Waals surface area (Å²) >= 11 is 0. The molecule has 1 nitrogen and oxygen atoms in total. The summed E-state index contributed by atoms with van der Waals surface area (Å²) in [6, 6.07) is 10.8. The quantitative estimate of drug-likeness (QED) is 0.742. The van der Waals surface area contributed by atoms with Gasteiger partial charge in [-0.05, 0) is 31.4 Å². The lowest BCUT2D eigenvalue weighted by atomic mass is 10.1. The normalized spacial score (nSPS) is 18.5. The van der Waals surface area contributed by atoms with Crippen LogP contribution in [0.1, 0.15) is 31.7 Å². The van der Waals surface area contributed by atoms with Gasteiger partial charge in [-0.25, -0.2) is 0 Å². The third-order valence-electron chi connectivity index (χ3n) is 2.79. The molecule has 1 N–H and O–H groups in total. The largest absolute Gasteiger partial charge is 0.307 e. The fourth-order valence-corrected chi connectivity index (χ4v) is 1.81. The molecule has 0 spiro atoms. The Morgan fingerprint density at radius 3 is 2.46 bits per heavy atom. The summed E-state index contributed by atoms with van der Waals surface area (Å²) in [7, 11) is 0. The Bertz CT molecular complexity index is 262. The molecule has 0 unspecified atom stereocenters.